The van der Waals surface area contributed by atoms with Crippen LogP contribution in [0.2, 0.25) is 0 Å². The van der Waals surface area contributed by atoms with Gasteiger partial charge in [0.1, 0.15) is 0 Å². The number of rotatable bonds is 4. The van der Waals surface area contributed by atoms with E-state index in [0.717, 1.165) is 31.2 Å². The van der Waals surface area contributed by atoms with Gasteiger partial charge < -0.3 is 5.11 Å². The number of hydrazine groups is 1. The zero-order chi connectivity index (χ0) is 20.3. The van der Waals surface area contributed by atoms with Gasteiger partial charge in [0.25, 0.3) is 11.8 Å². The van der Waals surface area contributed by atoms with Crippen LogP contribution in [0, 0.1) is 0 Å². The molecule has 148 valence electrons. The van der Waals surface area contributed by atoms with Crippen LogP contribution in [0.3, 0.4) is 0 Å². The molecule has 0 aliphatic heterocycles. The third-order valence-electron chi connectivity index (χ3n) is 5.31. The number of hydrogen-bond acceptors (Lipinski definition) is 4. The van der Waals surface area contributed by atoms with Crippen molar-refractivity contribution in [3.63, 3.8) is 0 Å². The number of carbonyl (C=O) groups is 2. The minimum Gasteiger partial charge on any atom is -0.372 e. The van der Waals surface area contributed by atoms with Crippen molar-refractivity contribution < 1.29 is 14.7 Å². The molecule has 0 atom stereocenters. The summed E-state index contributed by atoms with van der Waals surface area (Å²) in [6.07, 6.45) is 4.10. The van der Waals surface area contributed by atoms with E-state index in [1.807, 2.05) is 17.5 Å². The van der Waals surface area contributed by atoms with E-state index in [1.54, 1.807) is 59.9 Å². The lowest BCUT2D eigenvalue weighted by molar-refractivity contribution is -0.137. The summed E-state index contributed by atoms with van der Waals surface area (Å²) in [6, 6.07) is 17.4. The Hall–Kier alpha value is -2.96. The monoisotopic (exact) mass is 406 g/mol. The van der Waals surface area contributed by atoms with Crippen LogP contribution in [-0.4, -0.2) is 16.9 Å². The van der Waals surface area contributed by atoms with E-state index in [2.05, 4.69) is 10.9 Å². The molecular weight excluding hydrogens is 384 g/mol. The Morgan fingerprint density at radius 3 is 2.07 bits per heavy atom. The summed E-state index contributed by atoms with van der Waals surface area (Å²) in [5.41, 5.74) is 5.52. The van der Waals surface area contributed by atoms with E-state index in [4.69, 9.17) is 0 Å². The van der Waals surface area contributed by atoms with Gasteiger partial charge in [-0.2, -0.15) is 0 Å². The van der Waals surface area contributed by atoms with Crippen LogP contribution in [0.15, 0.2) is 66.0 Å². The lowest BCUT2D eigenvalue weighted by Crippen LogP contribution is -2.52. The van der Waals surface area contributed by atoms with E-state index < -0.39 is 11.5 Å². The summed E-state index contributed by atoms with van der Waals surface area (Å²) in [5.74, 6) is -1.08. The van der Waals surface area contributed by atoms with E-state index in [-0.39, 0.29) is 5.91 Å². The fourth-order valence-electron chi connectivity index (χ4n) is 3.74. The molecule has 2 amide bonds. The van der Waals surface area contributed by atoms with E-state index in [1.165, 1.54) is 4.88 Å². The van der Waals surface area contributed by atoms with Crippen molar-refractivity contribution in [2.75, 3.05) is 0 Å². The highest BCUT2D eigenvalue weighted by Crippen LogP contribution is 2.31. The second-order valence-electron chi connectivity index (χ2n) is 7.11. The van der Waals surface area contributed by atoms with Crippen molar-refractivity contribution in [3.8, 4) is 0 Å². The van der Waals surface area contributed by atoms with Crippen LogP contribution in [0.4, 0.5) is 0 Å². The molecule has 0 bridgehead atoms. The molecule has 3 aromatic rings. The van der Waals surface area contributed by atoms with Crippen LogP contribution in [0.5, 0.6) is 0 Å². The standard InChI is InChI=1S/C23H22N2O3S/c26-21(19-15-29-20-14-8-7-13-18(19)20)24-25-22(27)23(28,16-9-3-1-4-10-16)17-11-5-2-6-12-17/h1-6,9-12,15,28H,7-8,13-14H2,(H,24,26)(H,25,27). The number of hydrogen-bond donors (Lipinski definition) is 3. The van der Waals surface area contributed by atoms with Gasteiger partial charge in [-0.05, 0) is 42.4 Å². The molecular formula is C23H22N2O3S. The molecule has 1 aliphatic rings. The Morgan fingerprint density at radius 1 is 0.862 bits per heavy atom. The first-order valence-electron chi connectivity index (χ1n) is 9.64. The normalized spacial score (nSPS) is 13.4. The second kappa shape index (κ2) is 8.19. The summed E-state index contributed by atoms with van der Waals surface area (Å²) in [6.45, 7) is 0. The van der Waals surface area contributed by atoms with E-state index >= 15 is 0 Å². The topological polar surface area (TPSA) is 78.4 Å². The minimum atomic E-state index is -1.93. The van der Waals surface area contributed by atoms with Gasteiger partial charge in [-0.15, -0.1) is 11.3 Å². The Balaban J connectivity index is 1.56. The Morgan fingerprint density at radius 2 is 1.45 bits per heavy atom. The summed E-state index contributed by atoms with van der Waals surface area (Å²) < 4.78 is 0. The molecule has 0 radical (unpaired) electrons. The maximum atomic E-state index is 13.1. The number of aryl methyl sites for hydroxylation is 1. The predicted octanol–water partition coefficient (Wildman–Crippen LogP) is 3.32. The van der Waals surface area contributed by atoms with Gasteiger partial charge in [-0.3, -0.25) is 20.4 Å². The minimum absolute atomic E-state index is 0.360. The van der Waals surface area contributed by atoms with Crippen molar-refractivity contribution in [2.24, 2.45) is 0 Å². The maximum absolute atomic E-state index is 13.1. The number of amides is 2. The Labute approximate surface area is 173 Å². The highest BCUT2D eigenvalue weighted by Gasteiger charge is 2.40. The summed E-state index contributed by atoms with van der Waals surface area (Å²) in [4.78, 5) is 27.0. The molecule has 3 N–H and O–H groups in total. The lowest BCUT2D eigenvalue weighted by Gasteiger charge is -2.28. The summed E-state index contributed by atoms with van der Waals surface area (Å²) in [7, 11) is 0. The molecule has 0 unspecified atom stereocenters. The molecule has 1 aliphatic carbocycles. The lowest BCUT2D eigenvalue weighted by atomic mass is 9.85. The van der Waals surface area contributed by atoms with Gasteiger partial charge >= 0.3 is 0 Å². The Kier molecular flexibility index (Phi) is 5.47. The SMILES string of the molecule is O=C(NNC(=O)C(O)(c1ccccc1)c1ccccc1)c1csc2c1CCCC2. The van der Waals surface area contributed by atoms with Crippen LogP contribution < -0.4 is 10.9 Å². The fraction of sp³-hybridized carbons (Fsp3) is 0.217. The summed E-state index contributed by atoms with van der Waals surface area (Å²) >= 11 is 1.59. The van der Waals surface area contributed by atoms with E-state index in [0.29, 0.717) is 16.7 Å². The van der Waals surface area contributed by atoms with Crippen LogP contribution in [-0.2, 0) is 23.2 Å². The van der Waals surface area contributed by atoms with Gasteiger partial charge in [0.15, 0.2) is 5.60 Å². The zero-order valence-electron chi connectivity index (χ0n) is 15.9. The van der Waals surface area contributed by atoms with Crippen molar-refractivity contribution >= 4 is 23.2 Å². The number of nitrogens with one attached hydrogen (secondary N) is 2. The van der Waals surface area contributed by atoms with Crippen LogP contribution in [0.25, 0.3) is 0 Å². The maximum Gasteiger partial charge on any atom is 0.279 e. The van der Waals surface area contributed by atoms with Crippen molar-refractivity contribution in [3.05, 3.63) is 93.2 Å². The Bertz CT molecular complexity index is 976. The molecule has 5 nitrogen and oxygen atoms in total. The predicted molar refractivity (Wildman–Crippen MR) is 112 cm³/mol. The molecule has 0 saturated heterocycles. The average molecular weight is 407 g/mol. The molecule has 1 aromatic heterocycles. The van der Waals surface area contributed by atoms with Gasteiger partial charge in [-0.25, -0.2) is 0 Å². The second-order valence-corrected chi connectivity index (χ2v) is 8.07. The number of aliphatic hydroxyl groups is 1. The summed E-state index contributed by atoms with van der Waals surface area (Å²) in [5, 5.41) is 13.2. The highest BCUT2D eigenvalue weighted by molar-refractivity contribution is 7.10. The number of carbonyl (C=O) groups excluding carboxylic acids is 2. The molecule has 29 heavy (non-hydrogen) atoms. The molecule has 2 aromatic carbocycles. The quantitative estimate of drug-likeness (QED) is 0.582. The number of thiophene rings is 1. The van der Waals surface area contributed by atoms with Gasteiger partial charge in [0.05, 0.1) is 5.56 Å². The molecule has 1 heterocycles. The van der Waals surface area contributed by atoms with Gasteiger partial charge in [0.2, 0.25) is 0 Å². The number of benzene rings is 2. The molecule has 4 rings (SSSR count). The largest absolute Gasteiger partial charge is 0.372 e. The number of fused-ring (bicyclic) bond motifs is 1. The van der Waals surface area contributed by atoms with Crippen molar-refractivity contribution in [2.45, 2.75) is 31.3 Å². The highest BCUT2D eigenvalue weighted by atomic mass is 32.1. The van der Waals surface area contributed by atoms with Crippen LogP contribution >= 0.6 is 11.3 Å². The zero-order valence-corrected chi connectivity index (χ0v) is 16.7. The van der Waals surface area contributed by atoms with E-state index in [9.17, 15) is 14.7 Å². The average Bonchev–Trinajstić information content (AvgIpc) is 3.22. The fourth-order valence-corrected chi connectivity index (χ4v) is 4.87. The third kappa shape index (κ3) is 3.69. The van der Waals surface area contributed by atoms with Gasteiger partial charge in [-0.1, -0.05) is 60.7 Å². The molecule has 0 saturated carbocycles. The molecule has 6 heteroatoms. The molecule has 0 spiro atoms. The smallest absolute Gasteiger partial charge is 0.279 e. The first-order chi connectivity index (χ1) is 14.1. The molecule has 0 fully saturated rings. The van der Waals surface area contributed by atoms with Crippen molar-refractivity contribution in [1.82, 2.24) is 10.9 Å². The first-order valence-corrected chi connectivity index (χ1v) is 10.5. The first kappa shape index (κ1) is 19.4. The van der Waals surface area contributed by atoms with Gasteiger partial charge in [0, 0.05) is 10.3 Å². The van der Waals surface area contributed by atoms with Crippen molar-refractivity contribution in [1.29, 1.82) is 0 Å². The van der Waals surface area contributed by atoms with Crippen LogP contribution in [0.1, 0.15) is 44.8 Å². The third-order valence-corrected chi connectivity index (χ3v) is 6.40.